The number of carbonyl (C=O) groups is 1. The Morgan fingerprint density at radius 2 is 1.91 bits per heavy atom. The third-order valence-corrected chi connectivity index (χ3v) is 6.00. The molecule has 0 aliphatic rings. The minimum Gasteiger partial charge on any atom is -0.352 e. The predicted molar refractivity (Wildman–Crippen MR) is 116 cm³/mol. The number of para-hydroxylation sites is 1. The second-order valence-corrected chi connectivity index (χ2v) is 8.71. The fourth-order valence-corrected chi connectivity index (χ4v) is 4.24. The Labute approximate surface area is 182 Å². The Hall–Kier alpha value is -3.93. The van der Waals surface area contributed by atoms with Crippen molar-refractivity contribution in [3.63, 3.8) is 0 Å². The van der Waals surface area contributed by atoms with E-state index in [-0.39, 0.29) is 16.1 Å². The normalized spacial score (nSPS) is 11.5. The van der Waals surface area contributed by atoms with Gasteiger partial charge in [0.25, 0.3) is 15.9 Å². The Morgan fingerprint density at radius 3 is 2.69 bits per heavy atom. The second-order valence-electron chi connectivity index (χ2n) is 7.03. The highest BCUT2D eigenvalue weighted by molar-refractivity contribution is 7.92. The smallest absolute Gasteiger partial charge is 0.323 e. The largest absolute Gasteiger partial charge is 0.352 e. The summed E-state index contributed by atoms with van der Waals surface area (Å²) in [6.07, 6.45) is 1.09. The number of nitrogens with one attached hydrogen (secondary N) is 4. The van der Waals surface area contributed by atoms with Crippen molar-refractivity contribution < 1.29 is 17.7 Å². The number of hydrogen-bond acceptors (Lipinski definition) is 7. The van der Waals surface area contributed by atoms with Gasteiger partial charge in [-0.1, -0.05) is 17.3 Å². The molecule has 0 spiro atoms. The van der Waals surface area contributed by atoms with Crippen LogP contribution in [0.5, 0.6) is 0 Å². The van der Waals surface area contributed by atoms with Crippen molar-refractivity contribution >= 4 is 32.7 Å². The van der Waals surface area contributed by atoms with Crippen molar-refractivity contribution in [2.75, 3.05) is 11.3 Å². The zero-order valence-corrected chi connectivity index (χ0v) is 17.8. The fourth-order valence-electron chi connectivity index (χ4n) is 3.13. The summed E-state index contributed by atoms with van der Waals surface area (Å²) in [4.78, 5) is 33.2. The summed E-state index contributed by atoms with van der Waals surface area (Å²) in [6, 6.07) is 10.5. The third-order valence-electron chi connectivity index (χ3n) is 4.64. The van der Waals surface area contributed by atoms with Gasteiger partial charge in [0, 0.05) is 13.0 Å². The van der Waals surface area contributed by atoms with Gasteiger partial charge in [0.1, 0.15) is 0 Å². The maximum absolute atomic E-state index is 12.9. The van der Waals surface area contributed by atoms with Gasteiger partial charge >= 0.3 is 5.69 Å². The standard InChI is InChI=1S/C20H20N6O5S/c1-12-22-18(31-25-12)7-4-10-21-19(27)14-5-2-3-6-15(14)26-32(29,30)13-8-9-16-17(11-13)24-20(28)23-16/h2-3,5-6,8-9,11,26H,4,7,10H2,1H3,(H,21,27)(H2,23,24,28). The number of aryl methyl sites for hydroxylation is 2. The van der Waals surface area contributed by atoms with Crippen LogP contribution in [0, 0.1) is 6.92 Å². The highest BCUT2D eigenvalue weighted by Gasteiger charge is 2.19. The molecule has 166 valence electrons. The van der Waals surface area contributed by atoms with E-state index in [0.717, 1.165) is 0 Å². The Balaban J connectivity index is 1.45. The SMILES string of the molecule is Cc1noc(CCCNC(=O)c2ccccc2NS(=O)(=O)c2ccc3[nH]c(=O)[nH]c3c2)n1. The molecule has 0 saturated carbocycles. The number of nitrogens with zero attached hydrogens (tertiary/aromatic N) is 2. The molecule has 0 fully saturated rings. The maximum Gasteiger partial charge on any atom is 0.323 e. The van der Waals surface area contributed by atoms with E-state index in [9.17, 15) is 18.0 Å². The topological polar surface area (TPSA) is 163 Å². The van der Waals surface area contributed by atoms with Crippen molar-refractivity contribution in [1.29, 1.82) is 0 Å². The minimum atomic E-state index is -4.00. The van der Waals surface area contributed by atoms with E-state index in [2.05, 4.69) is 30.1 Å². The molecule has 4 aromatic rings. The Morgan fingerprint density at radius 1 is 1.12 bits per heavy atom. The first-order chi connectivity index (χ1) is 15.3. The van der Waals surface area contributed by atoms with E-state index in [0.29, 0.717) is 42.1 Å². The molecule has 1 amide bonds. The monoisotopic (exact) mass is 456 g/mol. The van der Waals surface area contributed by atoms with Gasteiger partial charge in [-0.3, -0.25) is 9.52 Å². The van der Waals surface area contributed by atoms with E-state index in [1.165, 1.54) is 30.3 Å². The molecule has 0 bridgehead atoms. The summed E-state index contributed by atoms with van der Waals surface area (Å²) in [6.45, 7) is 2.07. The van der Waals surface area contributed by atoms with Gasteiger partial charge in [0.2, 0.25) is 5.89 Å². The zero-order chi connectivity index (χ0) is 22.7. The molecule has 0 saturated heterocycles. The lowest BCUT2D eigenvalue weighted by Crippen LogP contribution is -2.26. The molecule has 11 nitrogen and oxygen atoms in total. The molecule has 0 aliphatic carbocycles. The number of anilines is 1. The summed E-state index contributed by atoms with van der Waals surface area (Å²) in [5.74, 6) is 0.619. The molecule has 4 N–H and O–H groups in total. The number of hydrogen-bond donors (Lipinski definition) is 4. The lowest BCUT2D eigenvalue weighted by atomic mass is 10.1. The van der Waals surface area contributed by atoms with Crippen molar-refractivity contribution in [3.8, 4) is 0 Å². The number of fused-ring (bicyclic) bond motifs is 1. The van der Waals surface area contributed by atoms with E-state index in [1.807, 2.05) is 0 Å². The molecule has 4 rings (SSSR count). The number of benzene rings is 2. The summed E-state index contributed by atoms with van der Waals surface area (Å²) < 4.78 is 33.2. The third kappa shape index (κ3) is 4.70. The second kappa shape index (κ2) is 8.67. The molecule has 2 aromatic heterocycles. The van der Waals surface area contributed by atoms with Crippen LogP contribution < -0.4 is 15.7 Å². The number of sulfonamides is 1. The number of carbonyl (C=O) groups excluding carboxylic acids is 1. The number of amides is 1. The highest BCUT2D eigenvalue weighted by Crippen LogP contribution is 2.22. The quantitative estimate of drug-likeness (QED) is 0.293. The lowest BCUT2D eigenvalue weighted by Gasteiger charge is -2.13. The number of H-pyrrole nitrogens is 2. The van der Waals surface area contributed by atoms with Gasteiger partial charge in [0.05, 0.1) is 27.2 Å². The number of aromatic nitrogens is 4. The van der Waals surface area contributed by atoms with E-state index in [4.69, 9.17) is 4.52 Å². The molecule has 0 atom stereocenters. The van der Waals surface area contributed by atoms with Gasteiger partial charge in [0.15, 0.2) is 5.82 Å². The van der Waals surface area contributed by atoms with Crippen LogP contribution in [0.15, 0.2) is 56.7 Å². The summed E-state index contributed by atoms with van der Waals surface area (Å²) in [5, 5.41) is 6.47. The van der Waals surface area contributed by atoms with E-state index >= 15 is 0 Å². The van der Waals surface area contributed by atoms with Crippen molar-refractivity contribution in [2.45, 2.75) is 24.7 Å². The molecule has 0 radical (unpaired) electrons. The zero-order valence-electron chi connectivity index (χ0n) is 17.0. The van der Waals surface area contributed by atoms with Crippen LogP contribution in [0.2, 0.25) is 0 Å². The number of aromatic amines is 2. The Kier molecular flexibility index (Phi) is 5.77. The predicted octanol–water partition coefficient (Wildman–Crippen LogP) is 1.71. The van der Waals surface area contributed by atoms with Crippen LogP contribution in [0.3, 0.4) is 0 Å². The van der Waals surface area contributed by atoms with E-state index < -0.39 is 21.6 Å². The van der Waals surface area contributed by atoms with Crippen LogP contribution in [-0.4, -0.2) is 41.0 Å². The van der Waals surface area contributed by atoms with Crippen molar-refractivity contribution in [3.05, 3.63) is 70.2 Å². The van der Waals surface area contributed by atoms with Crippen molar-refractivity contribution in [2.24, 2.45) is 0 Å². The van der Waals surface area contributed by atoms with Crippen LogP contribution in [-0.2, 0) is 16.4 Å². The fraction of sp³-hybridized carbons (Fsp3) is 0.200. The maximum atomic E-state index is 12.9. The van der Waals surface area contributed by atoms with Crippen LogP contribution in [0.25, 0.3) is 11.0 Å². The summed E-state index contributed by atoms with van der Waals surface area (Å²) in [7, 11) is -4.00. The lowest BCUT2D eigenvalue weighted by molar-refractivity contribution is 0.0954. The van der Waals surface area contributed by atoms with E-state index in [1.54, 1.807) is 19.1 Å². The highest BCUT2D eigenvalue weighted by atomic mass is 32.2. The Bertz CT molecular complexity index is 1440. The molecule has 2 heterocycles. The average molecular weight is 456 g/mol. The molecule has 0 aliphatic heterocycles. The number of rotatable bonds is 8. The molecule has 2 aromatic carbocycles. The molecule has 0 unspecified atom stereocenters. The molecular weight excluding hydrogens is 436 g/mol. The molecule has 32 heavy (non-hydrogen) atoms. The number of imidazole rings is 1. The summed E-state index contributed by atoms with van der Waals surface area (Å²) >= 11 is 0. The van der Waals surface area contributed by atoms with Crippen LogP contribution in [0.4, 0.5) is 5.69 Å². The first kappa shape index (κ1) is 21.3. The first-order valence-corrected chi connectivity index (χ1v) is 11.2. The first-order valence-electron chi connectivity index (χ1n) is 9.73. The summed E-state index contributed by atoms with van der Waals surface area (Å²) in [5.41, 5.74) is 0.740. The van der Waals surface area contributed by atoms with Crippen LogP contribution >= 0.6 is 0 Å². The van der Waals surface area contributed by atoms with Gasteiger partial charge < -0.3 is 19.8 Å². The van der Waals surface area contributed by atoms with Crippen molar-refractivity contribution in [1.82, 2.24) is 25.4 Å². The molecule has 12 heteroatoms. The van der Waals surface area contributed by atoms with Gasteiger partial charge in [-0.15, -0.1) is 0 Å². The van der Waals surface area contributed by atoms with Gasteiger partial charge in [-0.05, 0) is 43.7 Å². The molecular formula is C20H20N6O5S. The van der Waals surface area contributed by atoms with Gasteiger partial charge in [-0.2, -0.15) is 4.98 Å². The minimum absolute atomic E-state index is 0.0506. The van der Waals surface area contributed by atoms with Crippen LogP contribution in [0.1, 0.15) is 28.5 Å². The van der Waals surface area contributed by atoms with Gasteiger partial charge in [-0.25, -0.2) is 13.2 Å². The average Bonchev–Trinajstić information content (AvgIpc) is 3.34.